The second-order valence-corrected chi connectivity index (χ2v) is 5.65. The fraction of sp³-hybridized carbons (Fsp3) is 0.357. The van der Waals surface area contributed by atoms with Crippen LogP contribution in [-0.2, 0) is 6.54 Å². The number of benzene rings is 1. The minimum Gasteiger partial charge on any atom is -0.338 e. The van der Waals surface area contributed by atoms with Gasteiger partial charge in [-0.05, 0) is 31.0 Å². The molecule has 1 aromatic carbocycles. The van der Waals surface area contributed by atoms with Gasteiger partial charge in [0.15, 0.2) is 0 Å². The quantitative estimate of drug-likeness (QED) is 0.793. The molecule has 2 N–H and O–H groups in total. The highest BCUT2D eigenvalue weighted by Gasteiger charge is 2.12. The maximum Gasteiger partial charge on any atom is 0.315 e. The summed E-state index contributed by atoms with van der Waals surface area (Å²) in [5.41, 5.74) is 0.823. The number of aryl methyl sites for hydroxylation is 1. The van der Waals surface area contributed by atoms with Gasteiger partial charge in [-0.3, -0.25) is 4.68 Å². The van der Waals surface area contributed by atoms with Crippen LogP contribution < -0.4 is 10.6 Å². The smallest absolute Gasteiger partial charge is 0.315 e. The molecule has 0 unspecified atom stereocenters. The van der Waals surface area contributed by atoms with E-state index >= 15 is 0 Å². The summed E-state index contributed by atoms with van der Waals surface area (Å²) in [5, 5.41) is 14.3. The number of hydrogen-bond donors (Lipinski definition) is 2. The van der Waals surface area contributed by atoms with Crippen LogP contribution >= 0.6 is 23.2 Å². The summed E-state index contributed by atoms with van der Waals surface area (Å²) in [6, 6.07) is 4.77. The molecule has 0 aliphatic carbocycles. The van der Waals surface area contributed by atoms with E-state index in [9.17, 15) is 4.79 Å². The van der Waals surface area contributed by atoms with Crippen molar-refractivity contribution >= 4 is 29.2 Å². The first-order valence-corrected chi connectivity index (χ1v) is 7.65. The number of hydrogen-bond acceptors (Lipinski definition) is 3. The van der Waals surface area contributed by atoms with Crippen molar-refractivity contribution in [1.29, 1.82) is 0 Å². The average molecular weight is 342 g/mol. The van der Waals surface area contributed by atoms with Crippen LogP contribution in [0.1, 0.15) is 24.9 Å². The van der Waals surface area contributed by atoms with E-state index in [2.05, 4.69) is 20.9 Å². The Morgan fingerprint density at radius 2 is 2.23 bits per heavy atom. The van der Waals surface area contributed by atoms with Crippen LogP contribution in [0.5, 0.6) is 0 Å². The topological polar surface area (TPSA) is 71.8 Å². The van der Waals surface area contributed by atoms with Gasteiger partial charge in [-0.15, -0.1) is 5.10 Å². The van der Waals surface area contributed by atoms with Gasteiger partial charge >= 0.3 is 6.03 Å². The molecular formula is C14H17Cl2N5O. The van der Waals surface area contributed by atoms with Crippen molar-refractivity contribution in [2.45, 2.75) is 25.9 Å². The Bertz CT molecular complexity index is 618. The number of carbonyl (C=O) groups excluding carboxylic acids is 1. The molecule has 0 saturated heterocycles. The van der Waals surface area contributed by atoms with Crippen molar-refractivity contribution in [1.82, 2.24) is 25.6 Å². The predicted octanol–water partition coefficient (Wildman–Crippen LogP) is 3.04. The molecule has 1 atom stereocenters. The number of aromatic nitrogens is 3. The first-order valence-electron chi connectivity index (χ1n) is 6.89. The molecule has 2 aromatic rings. The Labute approximate surface area is 138 Å². The highest BCUT2D eigenvalue weighted by atomic mass is 35.5. The maximum absolute atomic E-state index is 11.8. The molecule has 0 spiro atoms. The Hall–Kier alpha value is -1.79. The Balaban J connectivity index is 1.74. The lowest BCUT2D eigenvalue weighted by atomic mass is 10.1. The number of amides is 2. The molecule has 0 radical (unpaired) electrons. The molecule has 118 valence electrons. The normalized spacial score (nSPS) is 12.0. The zero-order chi connectivity index (χ0) is 15.9. The third-order valence-electron chi connectivity index (χ3n) is 3.10. The predicted molar refractivity (Wildman–Crippen MR) is 86.1 cm³/mol. The molecule has 8 heteroatoms. The van der Waals surface area contributed by atoms with Gasteiger partial charge in [0.2, 0.25) is 0 Å². The van der Waals surface area contributed by atoms with E-state index in [1.807, 2.05) is 6.92 Å². The number of halogens is 2. The summed E-state index contributed by atoms with van der Waals surface area (Å²) >= 11 is 12.0. The van der Waals surface area contributed by atoms with Gasteiger partial charge in [-0.25, -0.2) is 4.79 Å². The second-order valence-electron chi connectivity index (χ2n) is 4.81. The van der Waals surface area contributed by atoms with Crippen molar-refractivity contribution in [3.8, 4) is 0 Å². The molecule has 6 nitrogen and oxygen atoms in total. The Kier molecular flexibility index (Phi) is 6.03. The third-order valence-corrected chi connectivity index (χ3v) is 3.66. The molecule has 0 aliphatic rings. The third kappa shape index (κ3) is 4.89. The molecule has 0 bridgehead atoms. The van der Waals surface area contributed by atoms with Gasteiger partial charge in [0.1, 0.15) is 0 Å². The molecule has 1 aromatic heterocycles. The molecule has 2 amide bonds. The fourth-order valence-corrected chi connectivity index (χ4v) is 2.55. The van der Waals surface area contributed by atoms with E-state index in [1.165, 1.54) is 0 Å². The van der Waals surface area contributed by atoms with Gasteiger partial charge in [-0.2, -0.15) is 0 Å². The van der Waals surface area contributed by atoms with Crippen molar-refractivity contribution < 1.29 is 4.79 Å². The van der Waals surface area contributed by atoms with Crippen LogP contribution in [0.4, 0.5) is 4.79 Å². The SMILES string of the molecule is C[C@@H](NC(=O)NCCCn1ccnn1)c1ccc(Cl)cc1Cl. The largest absolute Gasteiger partial charge is 0.338 e. The minimum atomic E-state index is -0.239. The Morgan fingerprint density at radius 3 is 2.91 bits per heavy atom. The van der Waals surface area contributed by atoms with Crippen LogP contribution in [0.3, 0.4) is 0 Å². The van der Waals surface area contributed by atoms with Crippen LogP contribution in [0, 0.1) is 0 Å². The molecule has 22 heavy (non-hydrogen) atoms. The average Bonchev–Trinajstić information content (AvgIpc) is 2.96. The van der Waals surface area contributed by atoms with Crippen LogP contribution in [0.15, 0.2) is 30.6 Å². The van der Waals surface area contributed by atoms with Crippen molar-refractivity contribution in [3.05, 3.63) is 46.2 Å². The Morgan fingerprint density at radius 1 is 1.41 bits per heavy atom. The van der Waals surface area contributed by atoms with Crippen molar-refractivity contribution in [2.24, 2.45) is 0 Å². The summed E-state index contributed by atoms with van der Waals surface area (Å²) in [4.78, 5) is 11.8. The van der Waals surface area contributed by atoms with Gasteiger partial charge in [0.25, 0.3) is 0 Å². The van der Waals surface area contributed by atoms with Crippen molar-refractivity contribution in [3.63, 3.8) is 0 Å². The number of carbonyl (C=O) groups is 1. The summed E-state index contributed by atoms with van der Waals surface area (Å²) < 4.78 is 1.72. The first kappa shape index (κ1) is 16.6. The number of nitrogens with one attached hydrogen (secondary N) is 2. The van der Waals surface area contributed by atoms with E-state index in [0.717, 1.165) is 12.0 Å². The summed E-state index contributed by atoms with van der Waals surface area (Å²) in [7, 11) is 0. The first-order chi connectivity index (χ1) is 10.6. The van der Waals surface area contributed by atoms with Gasteiger partial charge in [-0.1, -0.05) is 34.5 Å². The summed E-state index contributed by atoms with van der Waals surface area (Å²) in [6.07, 6.45) is 4.18. The van der Waals surface area contributed by atoms with Crippen LogP contribution in [0.2, 0.25) is 10.0 Å². The second kappa shape index (κ2) is 8.00. The van der Waals surface area contributed by atoms with E-state index in [4.69, 9.17) is 23.2 Å². The number of rotatable bonds is 6. The minimum absolute atomic E-state index is 0.208. The lowest BCUT2D eigenvalue weighted by Gasteiger charge is -2.16. The monoisotopic (exact) mass is 341 g/mol. The lowest BCUT2D eigenvalue weighted by Crippen LogP contribution is -2.37. The van der Waals surface area contributed by atoms with Gasteiger partial charge in [0.05, 0.1) is 12.2 Å². The lowest BCUT2D eigenvalue weighted by molar-refractivity contribution is 0.237. The van der Waals surface area contributed by atoms with E-state index in [0.29, 0.717) is 23.1 Å². The molecule has 0 saturated carbocycles. The molecular weight excluding hydrogens is 325 g/mol. The van der Waals surface area contributed by atoms with E-state index < -0.39 is 0 Å². The summed E-state index contributed by atoms with van der Waals surface area (Å²) in [6.45, 7) is 3.12. The molecule has 2 rings (SSSR count). The zero-order valence-electron chi connectivity index (χ0n) is 12.1. The molecule has 0 fully saturated rings. The number of nitrogens with zero attached hydrogens (tertiary/aromatic N) is 3. The highest BCUT2D eigenvalue weighted by Crippen LogP contribution is 2.25. The van der Waals surface area contributed by atoms with E-state index in [-0.39, 0.29) is 12.1 Å². The van der Waals surface area contributed by atoms with E-state index in [1.54, 1.807) is 35.3 Å². The van der Waals surface area contributed by atoms with Gasteiger partial charge < -0.3 is 10.6 Å². The maximum atomic E-state index is 11.8. The van der Waals surface area contributed by atoms with Crippen molar-refractivity contribution in [2.75, 3.05) is 6.54 Å². The summed E-state index contributed by atoms with van der Waals surface area (Å²) in [5.74, 6) is 0. The molecule has 0 aliphatic heterocycles. The zero-order valence-corrected chi connectivity index (χ0v) is 13.6. The van der Waals surface area contributed by atoms with Crippen LogP contribution in [-0.4, -0.2) is 27.6 Å². The molecule has 1 heterocycles. The fourth-order valence-electron chi connectivity index (χ4n) is 1.97. The van der Waals surface area contributed by atoms with Gasteiger partial charge in [0, 0.05) is 29.3 Å². The van der Waals surface area contributed by atoms with Crippen LogP contribution in [0.25, 0.3) is 0 Å². The number of urea groups is 1. The standard InChI is InChI=1S/C14H17Cl2N5O/c1-10(12-4-3-11(15)9-13(12)16)19-14(22)17-5-2-7-21-8-6-18-20-21/h3-4,6,8-10H,2,5,7H2,1H3,(H2,17,19,22)/t10-/m1/s1. The highest BCUT2D eigenvalue weighted by molar-refractivity contribution is 6.35.